The fraction of sp³-hybridized carbons (Fsp3) is 0.360. The molecule has 0 bridgehead atoms. The van der Waals surface area contributed by atoms with Crippen LogP contribution in [-0.2, 0) is 19.6 Å². The first kappa shape index (κ1) is 20.2. The molecular weight excluding hydrogens is 372 g/mol. The summed E-state index contributed by atoms with van der Waals surface area (Å²) in [7, 11) is 0. The van der Waals surface area contributed by atoms with Crippen LogP contribution in [0.5, 0.6) is 5.75 Å². The van der Waals surface area contributed by atoms with Gasteiger partial charge in [-0.3, -0.25) is 0 Å². The second-order valence-corrected chi connectivity index (χ2v) is 8.43. The minimum atomic E-state index is 0.480. The Kier molecular flexibility index (Phi) is 5.62. The molecule has 2 N–H and O–H groups in total. The van der Waals surface area contributed by atoms with E-state index in [-0.39, 0.29) is 0 Å². The third kappa shape index (κ3) is 3.97. The van der Waals surface area contributed by atoms with Crippen LogP contribution in [-0.4, -0.2) is 14.5 Å². The van der Waals surface area contributed by atoms with Gasteiger partial charge in [0, 0.05) is 24.4 Å². The molecule has 30 heavy (non-hydrogen) atoms. The van der Waals surface area contributed by atoms with Crippen molar-refractivity contribution in [3.63, 3.8) is 0 Å². The highest BCUT2D eigenvalue weighted by Gasteiger charge is 2.18. The maximum atomic E-state index is 6.33. The molecule has 0 fully saturated rings. The fourth-order valence-corrected chi connectivity index (χ4v) is 3.85. The van der Waals surface area contributed by atoms with Gasteiger partial charge in [-0.15, -0.1) is 0 Å². The van der Waals surface area contributed by atoms with Crippen LogP contribution < -0.4 is 10.5 Å². The average Bonchev–Trinajstić information content (AvgIpc) is 3.06. The van der Waals surface area contributed by atoms with Crippen molar-refractivity contribution < 1.29 is 4.74 Å². The summed E-state index contributed by atoms with van der Waals surface area (Å²) in [4.78, 5) is 9.50. The number of hydrogen-bond acceptors (Lipinski definition) is 4. The smallest absolute Gasteiger partial charge is 0.152 e. The second-order valence-electron chi connectivity index (χ2n) is 8.43. The van der Waals surface area contributed by atoms with E-state index in [4.69, 9.17) is 15.5 Å². The van der Waals surface area contributed by atoms with Crippen molar-refractivity contribution >= 4 is 27.8 Å². The highest BCUT2D eigenvalue weighted by atomic mass is 16.5. The lowest BCUT2D eigenvalue weighted by Crippen LogP contribution is -2.09. The number of aromatic nitrogens is 3. The molecule has 0 spiro atoms. The summed E-state index contributed by atoms with van der Waals surface area (Å²) in [5.74, 6) is 2.87. The first-order valence-corrected chi connectivity index (χ1v) is 10.7. The minimum Gasteiger partial charge on any atom is -0.489 e. The molecule has 0 saturated heterocycles. The van der Waals surface area contributed by atoms with Gasteiger partial charge in [-0.2, -0.15) is 0 Å². The summed E-state index contributed by atoms with van der Waals surface area (Å²) in [5.41, 5.74) is 11.4. The number of fused-ring (bicyclic) bond motifs is 3. The number of nitrogen functional groups attached to an aromatic ring is 1. The van der Waals surface area contributed by atoms with E-state index < -0.39 is 0 Å². The molecule has 0 aliphatic rings. The molecular formula is C25H30N4O. The van der Waals surface area contributed by atoms with E-state index in [1.54, 1.807) is 0 Å². The minimum absolute atomic E-state index is 0.480. The summed E-state index contributed by atoms with van der Waals surface area (Å²) in [6.45, 7) is 10.2. The van der Waals surface area contributed by atoms with E-state index in [1.807, 2.05) is 12.1 Å². The zero-order chi connectivity index (χ0) is 21.3. The number of ether oxygens (including phenoxy) is 1. The average molecular weight is 403 g/mol. The van der Waals surface area contributed by atoms with Crippen molar-refractivity contribution in [2.75, 3.05) is 5.73 Å². The van der Waals surface area contributed by atoms with Crippen LogP contribution in [0.3, 0.4) is 0 Å². The molecule has 0 radical (unpaired) electrons. The summed E-state index contributed by atoms with van der Waals surface area (Å²) in [6.07, 6.45) is 1.98. The van der Waals surface area contributed by atoms with Gasteiger partial charge in [0.05, 0.1) is 11.0 Å². The SMILES string of the molecule is CCCc1nc2c(N)nc3cc(OCc4ccc(C)cc4)ccc3c2n1CC(C)C. The van der Waals surface area contributed by atoms with Crippen LogP contribution in [0.1, 0.15) is 44.1 Å². The van der Waals surface area contributed by atoms with Gasteiger partial charge in [-0.05, 0) is 37.0 Å². The van der Waals surface area contributed by atoms with Gasteiger partial charge in [-0.1, -0.05) is 50.6 Å². The molecule has 2 heterocycles. The lowest BCUT2D eigenvalue weighted by molar-refractivity contribution is 0.306. The number of nitrogens with two attached hydrogens (primary N) is 1. The molecule has 156 valence electrons. The van der Waals surface area contributed by atoms with Crippen LogP contribution in [0, 0.1) is 12.8 Å². The van der Waals surface area contributed by atoms with Gasteiger partial charge in [0.1, 0.15) is 23.7 Å². The van der Waals surface area contributed by atoms with Gasteiger partial charge in [0.25, 0.3) is 0 Å². The van der Waals surface area contributed by atoms with Crippen LogP contribution in [0.25, 0.3) is 21.9 Å². The molecule has 0 aliphatic heterocycles. The van der Waals surface area contributed by atoms with Crippen LogP contribution >= 0.6 is 0 Å². The van der Waals surface area contributed by atoms with Crippen LogP contribution in [0.4, 0.5) is 5.82 Å². The number of nitrogens with zero attached hydrogens (tertiary/aromatic N) is 3. The topological polar surface area (TPSA) is 66.0 Å². The molecule has 4 rings (SSSR count). The quantitative estimate of drug-likeness (QED) is 0.433. The standard InChI is InChI=1S/C25H30N4O/c1-5-6-22-28-23-24(29(22)14-16(2)3)20-12-11-19(13-21(20)27-25(23)26)30-15-18-9-7-17(4)8-10-18/h7-13,16H,5-6,14-15H2,1-4H3,(H2,26,27). The van der Waals surface area contributed by atoms with Crippen molar-refractivity contribution in [3.05, 3.63) is 59.4 Å². The largest absolute Gasteiger partial charge is 0.489 e. The monoisotopic (exact) mass is 402 g/mol. The second kappa shape index (κ2) is 8.34. The van der Waals surface area contributed by atoms with Crippen LogP contribution in [0.15, 0.2) is 42.5 Å². The molecule has 2 aromatic carbocycles. The van der Waals surface area contributed by atoms with E-state index in [2.05, 4.69) is 67.6 Å². The Labute approximate surface area is 177 Å². The van der Waals surface area contributed by atoms with Gasteiger partial charge in [-0.25, -0.2) is 9.97 Å². The molecule has 2 aromatic heterocycles. The summed E-state index contributed by atoms with van der Waals surface area (Å²) in [6, 6.07) is 14.5. The Morgan fingerprint density at radius 3 is 2.53 bits per heavy atom. The number of rotatable bonds is 7. The van der Waals surface area contributed by atoms with Gasteiger partial charge >= 0.3 is 0 Å². The zero-order valence-corrected chi connectivity index (χ0v) is 18.3. The van der Waals surface area contributed by atoms with Gasteiger partial charge in [0.2, 0.25) is 0 Å². The number of imidazole rings is 1. The summed E-state index contributed by atoms with van der Waals surface area (Å²) < 4.78 is 8.36. The maximum absolute atomic E-state index is 6.33. The van der Waals surface area contributed by atoms with E-state index >= 15 is 0 Å². The highest BCUT2D eigenvalue weighted by molar-refractivity contribution is 6.06. The Hall–Kier alpha value is -3.08. The molecule has 0 saturated carbocycles. The number of hydrogen-bond donors (Lipinski definition) is 1. The van der Waals surface area contributed by atoms with Crippen molar-refractivity contribution in [2.24, 2.45) is 5.92 Å². The molecule has 0 atom stereocenters. The van der Waals surface area contributed by atoms with Gasteiger partial charge < -0.3 is 15.0 Å². The molecule has 5 heteroatoms. The first-order chi connectivity index (χ1) is 14.5. The molecule has 0 aliphatic carbocycles. The molecule has 5 nitrogen and oxygen atoms in total. The Balaban J connectivity index is 1.75. The summed E-state index contributed by atoms with van der Waals surface area (Å²) >= 11 is 0. The van der Waals surface area contributed by atoms with E-state index in [0.29, 0.717) is 18.3 Å². The third-order valence-electron chi connectivity index (χ3n) is 5.30. The lowest BCUT2D eigenvalue weighted by Gasteiger charge is -2.13. The normalized spacial score (nSPS) is 11.6. The highest BCUT2D eigenvalue weighted by Crippen LogP contribution is 2.32. The van der Waals surface area contributed by atoms with Crippen molar-refractivity contribution in [1.29, 1.82) is 0 Å². The molecule has 0 amide bonds. The van der Waals surface area contributed by atoms with Crippen molar-refractivity contribution in [3.8, 4) is 5.75 Å². The maximum Gasteiger partial charge on any atom is 0.152 e. The summed E-state index contributed by atoms with van der Waals surface area (Å²) in [5, 5.41) is 1.07. The first-order valence-electron chi connectivity index (χ1n) is 10.7. The zero-order valence-electron chi connectivity index (χ0n) is 18.3. The van der Waals surface area contributed by atoms with Gasteiger partial charge in [0.15, 0.2) is 5.82 Å². The Bertz CT molecular complexity index is 1180. The Morgan fingerprint density at radius 1 is 1.07 bits per heavy atom. The van der Waals surface area contributed by atoms with E-state index in [0.717, 1.165) is 58.5 Å². The van der Waals surface area contributed by atoms with E-state index in [1.165, 1.54) is 5.56 Å². The molecule has 4 aromatic rings. The number of anilines is 1. The number of benzene rings is 2. The third-order valence-corrected chi connectivity index (χ3v) is 5.30. The predicted molar refractivity (Wildman–Crippen MR) is 124 cm³/mol. The predicted octanol–water partition coefficient (Wildman–Crippen LogP) is 5.66. The Morgan fingerprint density at radius 2 is 1.83 bits per heavy atom. The fourth-order valence-electron chi connectivity index (χ4n) is 3.85. The molecule has 0 unspecified atom stereocenters. The lowest BCUT2D eigenvalue weighted by atomic mass is 10.1. The number of pyridine rings is 1. The van der Waals surface area contributed by atoms with E-state index in [9.17, 15) is 0 Å². The van der Waals surface area contributed by atoms with Crippen molar-refractivity contribution in [1.82, 2.24) is 14.5 Å². The number of aryl methyl sites for hydroxylation is 2. The van der Waals surface area contributed by atoms with Crippen molar-refractivity contribution in [2.45, 2.75) is 53.7 Å². The van der Waals surface area contributed by atoms with Crippen LogP contribution in [0.2, 0.25) is 0 Å².